The Kier molecular flexibility index (Phi) is 3.64. The summed E-state index contributed by atoms with van der Waals surface area (Å²) >= 11 is 0. The molecule has 108 valence electrons. The van der Waals surface area contributed by atoms with Crippen molar-refractivity contribution in [1.82, 2.24) is 0 Å². The van der Waals surface area contributed by atoms with Crippen LogP contribution in [0, 0.1) is 17.1 Å². The first-order valence-electron chi connectivity index (χ1n) is 7.58. The fraction of sp³-hybridized carbons (Fsp3) is 0.562. The lowest BCUT2D eigenvalue weighted by atomic mass is 9.78. The summed E-state index contributed by atoms with van der Waals surface area (Å²) in [4.78, 5) is 2.31. The van der Waals surface area contributed by atoms with E-state index in [1.807, 2.05) is 6.07 Å². The van der Waals surface area contributed by atoms with Gasteiger partial charge in [-0.05, 0) is 43.7 Å². The number of benzene rings is 1. The smallest absolute Gasteiger partial charge is 0.136 e. The number of piperidine rings is 1. The van der Waals surface area contributed by atoms with Crippen molar-refractivity contribution < 1.29 is 4.39 Å². The molecule has 1 saturated heterocycles. The molecule has 1 heterocycles. The first kappa shape index (κ1) is 13.4. The number of nitrogens with one attached hydrogen (secondary N) is 1. The molecule has 0 spiro atoms. The van der Waals surface area contributed by atoms with Crippen LogP contribution in [0.4, 0.5) is 10.1 Å². The molecule has 1 aliphatic carbocycles. The van der Waals surface area contributed by atoms with Crippen LogP contribution in [-0.2, 0) is 0 Å². The lowest BCUT2D eigenvalue weighted by molar-refractivity contribution is 0.243. The Morgan fingerprint density at radius 2 is 1.95 bits per heavy atom. The minimum absolute atomic E-state index is 0.170. The van der Waals surface area contributed by atoms with Gasteiger partial charge in [-0.15, -0.1) is 0 Å². The number of nitrogens with zero attached hydrogens (tertiary/aromatic N) is 1. The highest BCUT2D eigenvalue weighted by Gasteiger charge is 2.34. The lowest BCUT2D eigenvalue weighted by Gasteiger charge is -2.46. The zero-order valence-electron chi connectivity index (χ0n) is 11.7. The van der Waals surface area contributed by atoms with Gasteiger partial charge in [0.15, 0.2) is 0 Å². The zero-order chi connectivity index (χ0) is 14.1. The number of hydrogen-bond acceptors (Lipinski definition) is 2. The Morgan fingerprint density at radius 3 is 2.75 bits per heavy atom. The number of halogens is 1. The second-order valence-corrected chi connectivity index (χ2v) is 6.00. The summed E-state index contributed by atoms with van der Waals surface area (Å²) in [5.41, 5.74) is 6.70. The van der Waals surface area contributed by atoms with Crippen molar-refractivity contribution in [3.63, 3.8) is 0 Å². The molecular formula is C16H22FN3. The molecule has 3 N–H and O–H groups in total. The van der Waals surface area contributed by atoms with Crippen molar-refractivity contribution in [2.75, 3.05) is 11.4 Å². The zero-order valence-corrected chi connectivity index (χ0v) is 11.7. The van der Waals surface area contributed by atoms with Gasteiger partial charge in [0.1, 0.15) is 11.7 Å². The molecule has 20 heavy (non-hydrogen) atoms. The molecule has 2 unspecified atom stereocenters. The van der Waals surface area contributed by atoms with E-state index in [-0.39, 0.29) is 17.2 Å². The van der Waals surface area contributed by atoms with Crippen molar-refractivity contribution in [2.45, 2.75) is 44.6 Å². The Bertz CT molecular complexity index is 512. The molecule has 0 bridgehead atoms. The number of rotatable bonds is 2. The van der Waals surface area contributed by atoms with Crippen LogP contribution in [0.25, 0.3) is 0 Å². The molecule has 1 aromatic rings. The number of amidine groups is 1. The van der Waals surface area contributed by atoms with Crippen LogP contribution < -0.4 is 10.6 Å². The summed E-state index contributed by atoms with van der Waals surface area (Å²) in [6.07, 6.45) is 7.46. The highest BCUT2D eigenvalue weighted by molar-refractivity contribution is 6.00. The largest absolute Gasteiger partial charge is 0.384 e. The van der Waals surface area contributed by atoms with Crippen molar-refractivity contribution in [3.8, 4) is 0 Å². The molecule has 1 aromatic carbocycles. The molecule has 2 atom stereocenters. The van der Waals surface area contributed by atoms with Gasteiger partial charge in [0.05, 0.1) is 11.3 Å². The molecule has 4 heteroatoms. The van der Waals surface area contributed by atoms with Gasteiger partial charge in [-0.2, -0.15) is 0 Å². The normalized spacial score (nSPS) is 26.1. The number of nitrogen functional groups attached to an aromatic ring is 1. The molecule has 2 fully saturated rings. The van der Waals surface area contributed by atoms with Crippen LogP contribution in [-0.4, -0.2) is 18.4 Å². The summed E-state index contributed by atoms with van der Waals surface area (Å²) in [6, 6.07) is 5.53. The monoisotopic (exact) mass is 275 g/mol. The quantitative estimate of drug-likeness (QED) is 0.643. The van der Waals surface area contributed by atoms with E-state index in [0.717, 1.165) is 24.6 Å². The van der Waals surface area contributed by atoms with Crippen LogP contribution in [0.15, 0.2) is 18.2 Å². The summed E-state index contributed by atoms with van der Waals surface area (Å²) in [5, 5.41) is 7.68. The fourth-order valence-electron chi connectivity index (χ4n) is 3.94. The van der Waals surface area contributed by atoms with E-state index in [1.54, 1.807) is 6.07 Å². The van der Waals surface area contributed by atoms with Gasteiger partial charge in [-0.25, -0.2) is 4.39 Å². The number of fused-ring (bicyclic) bond motifs is 1. The third-order valence-electron chi connectivity index (χ3n) is 4.81. The minimum Gasteiger partial charge on any atom is -0.384 e. The van der Waals surface area contributed by atoms with Gasteiger partial charge in [0, 0.05) is 12.6 Å². The third-order valence-corrected chi connectivity index (χ3v) is 4.81. The molecule has 3 rings (SSSR count). The Morgan fingerprint density at radius 1 is 1.20 bits per heavy atom. The van der Waals surface area contributed by atoms with Crippen LogP contribution in [0.5, 0.6) is 0 Å². The van der Waals surface area contributed by atoms with Gasteiger partial charge < -0.3 is 10.6 Å². The first-order chi connectivity index (χ1) is 9.68. The molecular weight excluding hydrogens is 253 g/mol. The van der Waals surface area contributed by atoms with Crippen LogP contribution in [0.3, 0.4) is 0 Å². The summed E-state index contributed by atoms with van der Waals surface area (Å²) < 4.78 is 14.0. The van der Waals surface area contributed by atoms with Gasteiger partial charge >= 0.3 is 0 Å². The Balaban J connectivity index is 1.99. The highest BCUT2D eigenvalue weighted by atomic mass is 19.1. The molecule has 0 amide bonds. The fourth-order valence-corrected chi connectivity index (χ4v) is 3.94. The molecule has 0 radical (unpaired) electrons. The number of nitrogens with two attached hydrogens (primary N) is 1. The second-order valence-electron chi connectivity index (χ2n) is 6.00. The molecule has 1 aliphatic heterocycles. The standard InChI is InChI=1S/C16H22FN3/c17-12-7-3-9-14(15(12)16(18)19)20-10-4-6-11-5-1-2-8-13(11)20/h3,7,9,11,13H,1-2,4-6,8,10H2,(H3,18,19). The van der Waals surface area contributed by atoms with E-state index in [0.29, 0.717) is 6.04 Å². The second kappa shape index (κ2) is 5.43. The summed E-state index contributed by atoms with van der Waals surface area (Å²) in [6.45, 7) is 0.949. The maximum atomic E-state index is 14.0. The van der Waals surface area contributed by atoms with Gasteiger partial charge in [0.2, 0.25) is 0 Å². The van der Waals surface area contributed by atoms with E-state index in [1.165, 1.54) is 38.2 Å². The van der Waals surface area contributed by atoms with E-state index in [9.17, 15) is 4.39 Å². The van der Waals surface area contributed by atoms with E-state index in [4.69, 9.17) is 11.1 Å². The average molecular weight is 275 g/mol. The van der Waals surface area contributed by atoms with E-state index >= 15 is 0 Å². The van der Waals surface area contributed by atoms with Crippen LogP contribution >= 0.6 is 0 Å². The highest BCUT2D eigenvalue weighted by Crippen LogP contribution is 2.39. The van der Waals surface area contributed by atoms with Crippen LogP contribution in [0.2, 0.25) is 0 Å². The molecule has 3 nitrogen and oxygen atoms in total. The summed E-state index contributed by atoms with van der Waals surface area (Å²) in [7, 11) is 0. The first-order valence-corrected chi connectivity index (χ1v) is 7.58. The maximum Gasteiger partial charge on any atom is 0.136 e. The Labute approximate surface area is 119 Å². The number of hydrogen-bond donors (Lipinski definition) is 2. The van der Waals surface area contributed by atoms with Gasteiger partial charge in [0.25, 0.3) is 0 Å². The van der Waals surface area contributed by atoms with Gasteiger partial charge in [-0.1, -0.05) is 18.9 Å². The summed E-state index contributed by atoms with van der Waals surface area (Å²) in [5.74, 6) is 0.171. The van der Waals surface area contributed by atoms with E-state index in [2.05, 4.69) is 4.90 Å². The van der Waals surface area contributed by atoms with Crippen molar-refractivity contribution in [3.05, 3.63) is 29.6 Å². The lowest BCUT2D eigenvalue weighted by Crippen LogP contribution is -2.47. The molecule has 0 aromatic heterocycles. The van der Waals surface area contributed by atoms with Gasteiger partial charge in [-0.3, -0.25) is 5.41 Å². The maximum absolute atomic E-state index is 14.0. The van der Waals surface area contributed by atoms with E-state index < -0.39 is 0 Å². The SMILES string of the molecule is N=C(N)c1c(F)cccc1N1CCCC2CCCCC21. The predicted octanol–water partition coefficient (Wildman–Crippen LogP) is 3.27. The van der Waals surface area contributed by atoms with Crippen LogP contribution in [0.1, 0.15) is 44.1 Å². The van der Waals surface area contributed by atoms with Crippen molar-refractivity contribution in [2.24, 2.45) is 11.7 Å². The average Bonchev–Trinajstić information content (AvgIpc) is 2.46. The minimum atomic E-state index is -0.382. The third kappa shape index (κ3) is 2.28. The Hall–Kier alpha value is -1.58. The number of anilines is 1. The molecule has 2 aliphatic rings. The predicted molar refractivity (Wildman–Crippen MR) is 79.7 cm³/mol. The molecule has 1 saturated carbocycles. The van der Waals surface area contributed by atoms with Crippen molar-refractivity contribution >= 4 is 11.5 Å². The topological polar surface area (TPSA) is 53.1 Å². The van der Waals surface area contributed by atoms with Crippen molar-refractivity contribution in [1.29, 1.82) is 5.41 Å².